The third-order valence-corrected chi connectivity index (χ3v) is 5.06. The molecule has 0 spiro atoms. The number of carbonyl (C=O) groups excluding carboxylic acids is 1. The summed E-state index contributed by atoms with van der Waals surface area (Å²) < 4.78 is 24.3. The van der Waals surface area contributed by atoms with E-state index in [0.717, 1.165) is 0 Å². The van der Waals surface area contributed by atoms with Crippen molar-refractivity contribution in [2.24, 2.45) is 0 Å². The van der Waals surface area contributed by atoms with Gasteiger partial charge in [-0.3, -0.25) is 4.79 Å². The van der Waals surface area contributed by atoms with Crippen LogP contribution < -0.4 is 5.32 Å². The smallest absolute Gasteiger partial charge is 0.251 e. The highest BCUT2D eigenvalue weighted by Crippen LogP contribution is 2.16. The number of sulfonamides is 1. The monoisotopic (exact) mass is 310 g/mol. The van der Waals surface area contributed by atoms with Gasteiger partial charge in [0.2, 0.25) is 10.0 Å². The molecule has 1 saturated heterocycles. The fourth-order valence-corrected chi connectivity index (χ4v) is 3.32. The van der Waals surface area contributed by atoms with Crippen LogP contribution in [0.15, 0.2) is 24.3 Å². The molecule has 21 heavy (non-hydrogen) atoms. The van der Waals surface area contributed by atoms with E-state index in [1.807, 2.05) is 24.3 Å². The van der Waals surface area contributed by atoms with Gasteiger partial charge in [0.15, 0.2) is 0 Å². The summed E-state index contributed by atoms with van der Waals surface area (Å²) in [5.41, 5.74) is 1.80. The van der Waals surface area contributed by atoms with Crippen LogP contribution in [0.5, 0.6) is 0 Å². The lowest BCUT2D eigenvalue weighted by atomic mass is 10.0. The molecule has 1 N–H and O–H groups in total. The van der Waals surface area contributed by atoms with Gasteiger partial charge < -0.3 is 5.32 Å². The molecule has 1 aliphatic heterocycles. The maximum atomic E-state index is 12.2. The number of amides is 1. The summed E-state index contributed by atoms with van der Waals surface area (Å²) in [4.78, 5) is 12.2. The predicted molar refractivity (Wildman–Crippen MR) is 82.8 cm³/mol. The van der Waals surface area contributed by atoms with Gasteiger partial charge >= 0.3 is 0 Å². The van der Waals surface area contributed by atoms with Gasteiger partial charge in [0.05, 0.1) is 6.26 Å². The molecule has 1 fully saturated rings. The minimum atomic E-state index is -3.17. The topological polar surface area (TPSA) is 66.5 Å². The Bertz CT molecular complexity index is 608. The highest BCUT2D eigenvalue weighted by molar-refractivity contribution is 7.88. The molecule has 0 radical (unpaired) electrons. The van der Waals surface area contributed by atoms with Crippen LogP contribution in [0.3, 0.4) is 0 Å². The molecule has 0 bridgehead atoms. The van der Waals surface area contributed by atoms with E-state index in [4.69, 9.17) is 0 Å². The predicted octanol–water partition coefficient (Wildman–Crippen LogP) is 1.57. The second-order valence-corrected chi connectivity index (χ2v) is 7.84. The number of nitrogens with zero attached hydrogens (tertiary/aromatic N) is 1. The molecular weight excluding hydrogens is 288 g/mol. The van der Waals surface area contributed by atoms with Gasteiger partial charge in [-0.05, 0) is 30.0 Å². The van der Waals surface area contributed by atoms with Gasteiger partial charge in [-0.25, -0.2) is 12.7 Å². The van der Waals surface area contributed by atoms with Crippen molar-refractivity contribution in [2.45, 2.75) is 32.2 Å². The summed E-state index contributed by atoms with van der Waals surface area (Å²) in [7, 11) is -3.17. The minimum Gasteiger partial charge on any atom is -0.348 e. The summed E-state index contributed by atoms with van der Waals surface area (Å²) in [5.74, 6) is 0.283. The van der Waals surface area contributed by atoms with Crippen LogP contribution in [-0.2, 0) is 10.0 Å². The number of hydrogen-bond acceptors (Lipinski definition) is 3. The summed E-state index contributed by atoms with van der Waals surface area (Å²) in [6, 6.07) is 7.42. The Hall–Kier alpha value is -1.40. The highest BCUT2D eigenvalue weighted by Gasteiger charge is 2.29. The maximum absolute atomic E-state index is 12.2. The van der Waals surface area contributed by atoms with E-state index in [1.54, 1.807) is 0 Å². The van der Waals surface area contributed by atoms with E-state index in [-0.39, 0.29) is 11.9 Å². The van der Waals surface area contributed by atoms with Gasteiger partial charge in [0, 0.05) is 24.7 Å². The SMILES string of the molecule is CC(C)c1ccc(C(=O)NC2CCN(S(C)(=O)=O)C2)cc1. The van der Waals surface area contributed by atoms with E-state index in [1.165, 1.54) is 16.1 Å². The van der Waals surface area contributed by atoms with E-state index in [0.29, 0.717) is 31.0 Å². The van der Waals surface area contributed by atoms with Crippen LogP contribution in [0.2, 0.25) is 0 Å². The van der Waals surface area contributed by atoms with Crippen molar-refractivity contribution in [3.63, 3.8) is 0 Å². The lowest BCUT2D eigenvalue weighted by Crippen LogP contribution is -2.38. The Balaban J connectivity index is 1.96. The number of hydrogen-bond donors (Lipinski definition) is 1. The molecule has 1 aliphatic rings. The van der Waals surface area contributed by atoms with Crippen LogP contribution in [0, 0.1) is 0 Å². The molecule has 1 unspecified atom stereocenters. The molecule has 0 saturated carbocycles. The Morgan fingerprint density at radius 1 is 1.29 bits per heavy atom. The Kier molecular flexibility index (Phi) is 4.68. The Morgan fingerprint density at radius 2 is 1.90 bits per heavy atom. The minimum absolute atomic E-state index is 0.114. The van der Waals surface area contributed by atoms with Crippen LogP contribution in [0.25, 0.3) is 0 Å². The molecule has 2 rings (SSSR count). The first-order valence-corrected chi connectivity index (χ1v) is 8.98. The molecule has 1 aromatic carbocycles. The zero-order chi connectivity index (χ0) is 15.6. The molecule has 1 aromatic rings. The largest absolute Gasteiger partial charge is 0.348 e. The Labute approximate surface area is 126 Å². The summed E-state index contributed by atoms with van der Waals surface area (Å²) >= 11 is 0. The molecule has 5 nitrogen and oxygen atoms in total. The van der Waals surface area contributed by atoms with Crippen molar-refractivity contribution in [3.8, 4) is 0 Å². The second-order valence-electron chi connectivity index (χ2n) is 5.86. The van der Waals surface area contributed by atoms with Crippen molar-refractivity contribution in [1.29, 1.82) is 0 Å². The van der Waals surface area contributed by atoms with Crippen molar-refractivity contribution in [3.05, 3.63) is 35.4 Å². The standard InChI is InChI=1S/C15H22N2O3S/c1-11(2)12-4-6-13(7-5-12)15(18)16-14-8-9-17(10-14)21(3,19)20/h4-7,11,14H,8-10H2,1-3H3,(H,16,18). The molecule has 6 heteroatoms. The first-order chi connectivity index (χ1) is 9.77. The van der Waals surface area contributed by atoms with E-state index in [2.05, 4.69) is 19.2 Å². The third kappa shape index (κ3) is 4.04. The molecule has 0 aromatic heterocycles. The van der Waals surface area contributed by atoms with Gasteiger partial charge in [-0.1, -0.05) is 26.0 Å². The molecule has 1 atom stereocenters. The molecule has 0 aliphatic carbocycles. The van der Waals surface area contributed by atoms with Gasteiger partial charge in [0.25, 0.3) is 5.91 Å². The van der Waals surface area contributed by atoms with Crippen molar-refractivity contribution in [1.82, 2.24) is 9.62 Å². The average Bonchev–Trinajstić information content (AvgIpc) is 2.87. The van der Waals surface area contributed by atoms with Crippen LogP contribution in [0.1, 0.15) is 42.1 Å². The van der Waals surface area contributed by atoms with E-state index < -0.39 is 10.0 Å². The zero-order valence-electron chi connectivity index (χ0n) is 12.7. The van der Waals surface area contributed by atoms with Gasteiger partial charge in [-0.15, -0.1) is 0 Å². The fourth-order valence-electron chi connectivity index (χ4n) is 2.44. The van der Waals surface area contributed by atoms with Crippen LogP contribution in [0.4, 0.5) is 0 Å². The molecule has 116 valence electrons. The maximum Gasteiger partial charge on any atom is 0.251 e. The van der Waals surface area contributed by atoms with E-state index >= 15 is 0 Å². The fraction of sp³-hybridized carbons (Fsp3) is 0.533. The van der Waals surface area contributed by atoms with Crippen molar-refractivity contribution in [2.75, 3.05) is 19.3 Å². The molecular formula is C15H22N2O3S. The normalized spacial score (nSPS) is 19.9. The van der Waals surface area contributed by atoms with Crippen LogP contribution >= 0.6 is 0 Å². The Morgan fingerprint density at radius 3 is 2.38 bits per heavy atom. The van der Waals surface area contributed by atoms with Crippen LogP contribution in [-0.4, -0.2) is 44.0 Å². The van der Waals surface area contributed by atoms with Gasteiger partial charge in [-0.2, -0.15) is 0 Å². The zero-order valence-corrected chi connectivity index (χ0v) is 13.5. The highest BCUT2D eigenvalue weighted by atomic mass is 32.2. The number of rotatable bonds is 4. The lowest BCUT2D eigenvalue weighted by molar-refractivity contribution is 0.0939. The molecule has 1 amide bonds. The summed E-state index contributed by atoms with van der Waals surface area (Å²) in [6.07, 6.45) is 1.85. The van der Waals surface area contributed by atoms with Crippen molar-refractivity contribution >= 4 is 15.9 Å². The number of benzene rings is 1. The number of nitrogens with one attached hydrogen (secondary N) is 1. The summed E-state index contributed by atoms with van der Waals surface area (Å²) in [5, 5.41) is 2.90. The van der Waals surface area contributed by atoms with Gasteiger partial charge in [0.1, 0.15) is 0 Å². The van der Waals surface area contributed by atoms with E-state index in [9.17, 15) is 13.2 Å². The molecule has 1 heterocycles. The second kappa shape index (κ2) is 6.15. The first kappa shape index (κ1) is 16.0. The lowest BCUT2D eigenvalue weighted by Gasteiger charge is -2.15. The first-order valence-electron chi connectivity index (χ1n) is 7.13. The average molecular weight is 310 g/mol. The van der Waals surface area contributed by atoms with Crippen molar-refractivity contribution < 1.29 is 13.2 Å². The quantitative estimate of drug-likeness (QED) is 0.918. The summed E-state index contributed by atoms with van der Waals surface area (Å²) in [6.45, 7) is 5.03. The number of carbonyl (C=O) groups is 1. The third-order valence-electron chi connectivity index (χ3n) is 3.79.